The molecule has 7 heteroatoms. The fraction of sp³-hybridized carbons (Fsp3) is 0.417. The van der Waals surface area contributed by atoms with Gasteiger partial charge in [0.2, 0.25) is 0 Å². The van der Waals surface area contributed by atoms with Crippen LogP contribution in [0.4, 0.5) is 5.69 Å². The third-order valence-electron chi connectivity index (χ3n) is 3.34. The van der Waals surface area contributed by atoms with Gasteiger partial charge in [0.05, 0.1) is 18.1 Å². The van der Waals surface area contributed by atoms with Gasteiger partial charge < -0.3 is 25.3 Å². The topological polar surface area (TPSA) is 93.5 Å². The van der Waals surface area contributed by atoms with E-state index in [2.05, 4.69) is 27.6 Å². The van der Waals surface area contributed by atoms with Crippen LogP contribution < -0.4 is 5.73 Å². The first kappa shape index (κ1) is 13.1. The third kappa shape index (κ3) is 2.10. The summed E-state index contributed by atoms with van der Waals surface area (Å²) in [6, 6.07) is 1.75. The number of hydrogen-bond donors (Lipinski definition) is 3. The van der Waals surface area contributed by atoms with Crippen molar-refractivity contribution in [2.75, 3.05) is 12.3 Å². The monoisotopic (exact) mass is 375 g/mol. The molecule has 0 amide bonds. The number of nitrogen functional groups attached to an aromatic ring is 1. The Labute approximate surface area is 123 Å². The van der Waals surface area contributed by atoms with Crippen LogP contribution in [0.25, 0.3) is 11.0 Å². The summed E-state index contributed by atoms with van der Waals surface area (Å²) in [5.74, 6) is 0. The molecule has 4 N–H and O–H groups in total. The van der Waals surface area contributed by atoms with Crippen LogP contribution in [0.2, 0.25) is 0 Å². The van der Waals surface area contributed by atoms with E-state index < -0.39 is 12.3 Å². The molecule has 3 atom stereocenters. The molecule has 2 aromatic heterocycles. The standard InChI is InChI=1S/C12H14IN3O3/c13-7-4-16(11-10(7)8(14)1-2-15-11)12-9(18)3-6(5-17)19-12/h1-2,4,6,9,12,17-18H,3,5H2,(H2,14,15)/t6-,9+,12+/m0/s1. The van der Waals surface area contributed by atoms with E-state index in [9.17, 15) is 5.11 Å². The van der Waals surface area contributed by atoms with Crippen LogP contribution in [0.5, 0.6) is 0 Å². The lowest BCUT2D eigenvalue weighted by Crippen LogP contribution is -2.19. The number of hydrogen-bond acceptors (Lipinski definition) is 5. The van der Waals surface area contributed by atoms with E-state index in [4.69, 9.17) is 15.6 Å². The lowest BCUT2D eigenvalue weighted by Gasteiger charge is -2.17. The molecule has 0 spiro atoms. The number of pyridine rings is 1. The predicted molar refractivity (Wildman–Crippen MR) is 78.5 cm³/mol. The molecule has 0 radical (unpaired) electrons. The van der Waals surface area contributed by atoms with Crippen molar-refractivity contribution >= 4 is 39.3 Å². The molecule has 6 nitrogen and oxygen atoms in total. The second-order valence-electron chi connectivity index (χ2n) is 4.62. The van der Waals surface area contributed by atoms with E-state index in [0.29, 0.717) is 17.8 Å². The molecular weight excluding hydrogens is 361 g/mol. The van der Waals surface area contributed by atoms with Crippen LogP contribution >= 0.6 is 22.6 Å². The Morgan fingerprint density at radius 2 is 2.37 bits per heavy atom. The summed E-state index contributed by atoms with van der Waals surface area (Å²) in [6.45, 7) is -0.0978. The first-order chi connectivity index (χ1) is 9.11. The van der Waals surface area contributed by atoms with E-state index >= 15 is 0 Å². The van der Waals surface area contributed by atoms with Crippen LogP contribution in [-0.2, 0) is 4.74 Å². The first-order valence-corrected chi connectivity index (χ1v) is 7.04. The molecule has 0 bridgehead atoms. The van der Waals surface area contributed by atoms with Crippen molar-refractivity contribution < 1.29 is 14.9 Å². The maximum absolute atomic E-state index is 10.1. The van der Waals surface area contributed by atoms with Crippen molar-refractivity contribution in [1.29, 1.82) is 0 Å². The lowest BCUT2D eigenvalue weighted by atomic mass is 10.2. The van der Waals surface area contributed by atoms with Crippen LogP contribution in [0.15, 0.2) is 18.5 Å². The molecular formula is C12H14IN3O3. The summed E-state index contributed by atoms with van der Waals surface area (Å²) in [6.07, 6.45) is 2.39. The molecule has 1 aliphatic heterocycles. The number of anilines is 1. The number of ether oxygens (including phenoxy) is 1. The van der Waals surface area contributed by atoms with Gasteiger partial charge in [-0.2, -0.15) is 0 Å². The molecule has 1 fully saturated rings. The molecule has 0 aliphatic carbocycles. The number of aliphatic hydroxyl groups excluding tert-OH is 2. The zero-order valence-corrected chi connectivity index (χ0v) is 12.2. The zero-order valence-electron chi connectivity index (χ0n) is 10.0. The SMILES string of the molecule is Nc1ccnc2c1c(I)cn2[C@@H]1O[C@H](CO)C[C@H]1O. The summed E-state index contributed by atoms with van der Waals surface area (Å²) >= 11 is 2.19. The van der Waals surface area contributed by atoms with Gasteiger partial charge >= 0.3 is 0 Å². The molecule has 0 saturated carbocycles. The van der Waals surface area contributed by atoms with E-state index in [1.54, 1.807) is 16.8 Å². The molecule has 19 heavy (non-hydrogen) atoms. The Morgan fingerprint density at radius 3 is 3.05 bits per heavy atom. The Hall–Kier alpha value is -0.900. The number of nitrogens with two attached hydrogens (primary N) is 1. The normalized spacial score (nSPS) is 27.2. The summed E-state index contributed by atoms with van der Waals surface area (Å²) in [7, 11) is 0. The summed E-state index contributed by atoms with van der Waals surface area (Å²) in [5, 5.41) is 20.1. The maximum Gasteiger partial charge on any atom is 0.161 e. The van der Waals surface area contributed by atoms with Gasteiger partial charge in [-0.3, -0.25) is 0 Å². The summed E-state index contributed by atoms with van der Waals surface area (Å²) in [5.41, 5.74) is 7.29. The fourth-order valence-corrected chi connectivity index (χ4v) is 3.30. The number of aromatic nitrogens is 2. The highest BCUT2D eigenvalue weighted by molar-refractivity contribution is 14.1. The zero-order chi connectivity index (χ0) is 13.6. The average molecular weight is 375 g/mol. The van der Waals surface area contributed by atoms with E-state index in [-0.39, 0.29) is 12.7 Å². The van der Waals surface area contributed by atoms with E-state index in [1.165, 1.54) is 0 Å². The van der Waals surface area contributed by atoms with Crippen LogP contribution in [0.1, 0.15) is 12.6 Å². The van der Waals surface area contributed by atoms with Crippen LogP contribution in [0.3, 0.4) is 0 Å². The van der Waals surface area contributed by atoms with Gasteiger partial charge in [-0.05, 0) is 28.7 Å². The number of aliphatic hydroxyl groups is 2. The van der Waals surface area contributed by atoms with Crippen molar-refractivity contribution in [3.05, 3.63) is 22.0 Å². The van der Waals surface area contributed by atoms with Gasteiger partial charge in [0.1, 0.15) is 11.8 Å². The number of fused-ring (bicyclic) bond motifs is 1. The Kier molecular flexibility index (Phi) is 3.37. The van der Waals surface area contributed by atoms with Crippen molar-refractivity contribution in [2.24, 2.45) is 0 Å². The Bertz CT molecular complexity index is 616. The van der Waals surface area contributed by atoms with Gasteiger partial charge in [0, 0.05) is 28.1 Å². The van der Waals surface area contributed by atoms with Crippen molar-refractivity contribution in [1.82, 2.24) is 9.55 Å². The maximum atomic E-state index is 10.1. The highest BCUT2D eigenvalue weighted by atomic mass is 127. The third-order valence-corrected chi connectivity index (χ3v) is 4.16. The van der Waals surface area contributed by atoms with Crippen molar-refractivity contribution in [2.45, 2.75) is 24.9 Å². The molecule has 1 saturated heterocycles. The van der Waals surface area contributed by atoms with Gasteiger partial charge in [-0.1, -0.05) is 0 Å². The average Bonchev–Trinajstić information content (AvgIpc) is 2.91. The van der Waals surface area contributed by atoms with Crippen LogP contribution in [0, 0.1) is 3.57 Å². The highest BCUT2D eigenvalue weighted by Gasteiger charge is 2.35. The molecule has 2 aromatic rings. The Morgan fingerprint density at radius 1 is 1.58 bits per heavy atom. The second kappa shape index (κ2) is 4.89. The summed E-state index contributed by atoms with van der Waals surface area (Å²) in [4.78, 5) is 4.32. The van der Waals surface area contributed by atoms with Crippen LogP contribution in [-0.4, -0.2) is 38.6 Å². The molecule has 102 valence electrons. The van der Waals surface area contributed by atoms with Gasteiger partial charge in [0.25, 0.3) is 0 Å². The smallest absolute Gasteiger partial charge is 0.161 e. The van der Waals surface area contributed by atoms with Gasteiger partial charge in [-0.15, -0.1) is 0 Å². The second-order valence-corrected chi connectivity index (χ2v) is 5.78. The number of halogens is 1. The number of rotatable bonds is 2. The highest BCUT2D eigenvalue weighted by Crippen LogP contribution is 2.34. The number of nitrogens with zero attached hydrogens (tertiary/aromatic N) is 2. The summed E-state index contributed by atoms with van der Waals surface area (Å²) < 4.78 is 8.39. The molecule has 0 aromatic carbocycles. The fourth-order valence-electron chi connectivity index (χ4n) is 2.45. The minimum atomic E-state index is -0.660. The quantitative estimate of drug-likeness (QED) is 0.678. The molecule has 0 unspecified atom stereocenters. The first-order valence-electron chi connectivity index (χ1n) is 5.96. The molecule has 1 aliphatic rings. The largest absolute Gasteiger partial charge is 0.398 e. The molecule has 3 rings (SSSR count). The minimum Gasteiger partial charge on any atom is -0.398 e. The van der Waals surface area contributed by atoms with E-state index in [1.807, 2.05) is 6.20 Å². The van der Waals surface area contributed by atoms with Crippen molar-refractivity contribution in [3.63, 3.8) is 0 Å². The van der Waals surface area contributed by atoms with E-state index in [0.717, 1.165) is 8.96 Å². The predicted octanol–water partition coefficient (Wildman–Crippen LogP) is 0.864. The van der Waals surface area contributed by atoms with Gasteiger partial charge in [0.15, 0.2) is 6.23 Å². The van der Waals surface area contributed by atoms with Crippen molar-refractivity contribution in [3.8, 4) is 0 Å². The minimum absolute atomic E-state index is 0.0978. The van der Waals surface area contributed by atoms with Gasteiger partial charge in [-0.25, -0.2) is 4.98 Å². The Balaban J connectivity index is 2.09. The molecule has 3 heterocycles. The lowest BCUT2D eigenvalue weighted by molar-refractivity contribution is -0.0484.